The number of nitriles is 1. The lowest BCUT2D eigenvalue weighted by Gasteiger charge is -2.14. The highest BCUT2D eigenvalue weighted by atomic mass is 79.9. The first kappa shape index (κ1) is 28.6. The van der Waals surface area contributed by atoms with Gasteiger partial charge in [0.2, 0.25) is 0 Å². The Labute approximate surface area is 234 Å². The van der Waals surface area contributed by atoms with Gasteiger partial charge in [0.25, 0.3) is 11.8 Å². The number of carbonyl (C=O) groups excluding carboxylic acids is 2. The van der Waals surface area contributed by atoms with E-state index in [0.29, 0.717) is 50.3 Å². The third-order valence-electron chi connectivity index (χ3n) is 5.15. The molecule has 2 N–H and O–H groups in total. The standard InChI is InChI=1S/C28H25BrClN3O5/c1-4-37-22-9-7-20(8-10-22)33-28(35)19(15-31)11-18-12-23(29)27(25(13-18)36-3)38-16-26(34)32-21-6-5-17(2)24(30)14-21/h5-14H,4,16H2,1-3H3,(H,32,34)(H,33,35)/b19-11+. The lowest BCUT2D eigenvalue weighted by Crippen LogP contribution is -2.20. The summed E-state index contributed by atoms with van der Waals surface area (Å²) in [5.41, 5.74) is 2.37. The van der Waals surface area contributed by atoms with E-state index in [-0.39, 0.29) is 18.1 Å². The zero-order valence-corrected chi connectivity index (χ0v) is 23.3. The van der Waals surface area contributed by atoms with E-state index in [2.05, 4.69) is 26.6 Å². The van der Waals surface area contributed by atoms with Crippen LogP contribution in [-0.4, -0.2) is 32.1 Å². The first-order valence-electron chi connectivity index (χ1n) is 11.5. The van der Waals surface area contributed by atoms with Crippen LogP contribution < -0.4 is 24.8 Å². The van der Waals surface area contributed by atoms with Gasteiger partial charge in [-0.25, -0.2) is 0 Å². The van der Waals surface area contributed by atoms with Crippen LogP contribution in [0, 0.1) is 18.3 Å². The van der Waals surface area contributed by atoms with Crippen LogP contribution in [0.1, 0.15) is 18.1 Å². The first-order chi connectivity index (χ1) is 18.2. The summed E-state index contributed by atoms with van der Waals surface area (Å²) in [5, 5.41) is 15.5. The summed E-state index contributed by atoms with van der Waals surface area (Å²) in [7, 11) is 1.44. The minimum atomic E-state index is -0.569. The number of rotatable bonds is 10. The highest BCUT2D eigenvalue weighted by Crippen LogP contribution is 2.37. The van der Waals surface area contributed by atoms with Gasteiger partial charge < -0.3 is 24.8 Å². The molecule has 196 valence electrons. The number of hydrogen-bond acceptors (Lipinski definition) is 6. The second-order valence-electron chi connectivity index (χ2n) is 7.92. The van der Waals surface area contributed by atoms with E-state index in [1.54, 1.807) is 54.6 Å². The molecule has 0 saturated carbocycles. The Bertz CT molecular complexity index is 1400. The lowest BCUT2D eigenvalue weighted by molar-refractivity contribution is -0.118. The highest BCUT2D eigenvalue weighted by Gasteiger charge is 2.16. The Kier molecular flexibility index (Phi) is 10.2. The number of benzene rings is 3. The fourth-order valence-corrected chi connectivity index (χ4v) is 4.04. The zero-order valence-electron chi connectivity index (χ0n) is 20.9. The Balaban J connectivity index is 1.71. The number of aryl methyl sites for hydroxylation is 1. The average molecular weight is 599 g/mol. The molecule has 10 heteroatoms. The highest BCUT2D eigenvalue weighted by molar-refractivity contribution is 9.10. The van der Waals surface area contributed by atoms with Crippen molar-refractivity contribution in [3.8, 4) is 23.3 Å². The van der Waals surface area contributed by atoms with Crippen LogP contribution in [0.25, 0.3) is 6.08 Å². The molecule has 38 heavy (non-hydrogen) atoms. The van der Waals surface area contributed by atoms with Gasteiger partial charge in [0.15, 0.2) is 18.1 Å². The predicted molar refractivity (Wildman–Crippen MR) is 151 cm³/mol. The number of methoxy groups -OCH3 is 1. The zero-order chi connectivity index (χ0) is 27.7. The van der Waals surface area contributed by atoms with E-state index in [9.17, 15) is 14.9 Å². The molecule has 0 radical (unpaired) electrons. The number of halogens is 2. The maximum absolute atomic E-state index is 12.7. The van der Waals surface area contributed by atoms with Gasteiger partial charge in [-0.2, -0.15) is 5.26 Å². The van der Waals surface area contributed by atoms with Crippen molar-refractivity contribution in [1.29, 1.82) is 5.26 Å². The molecular weight excluding hydrogens is 574 g/mol. The molecule has 0 aromatic heterocycles. The molecule has 0 spiro atoms. The quantitative estimate of drug-likeness (QED) is 0.207. The van der Waals surface area contributed by atoms with Gasteiger partial charge in [-0.15, -0.1) is 0 Å². The molecule has 0 atom stereocenters. The van der Waals surface area contributed by atoms with E-state index >= 15 is 0 Å². The van der Waals surface area contributed by atoms with Crippen LogP contribution in [0.3, 0.4) is 0 Å². The number of ether oxygens (including phenoxy) is 3. The summed E-state index contributed by atoms with van der Waals surface area (Å²) < 4.78 is 17.0. The Morgan fingerprint density at radius 3 is 2.39 bits per heavy atom. The number of nitrogens with zero attached hydrogens (tertiary/aromatic N) is 1. The SMILES string of the molecule is CCOc1ccc(NC(=O)/C(C#N)=C/c2cc(Br)c(OCC(=O)Nc3ccc(C)c(Cl)c3)c(OC)c2)cc1. The van der Waals surface area contributed by atoms with E-state index < -0.39 is 5.91 Å². The second kappa shape index (κ2) is 13.5. The van der Waals surface area contributed by atoms with Crippen molar-refractivity contribution in [3.63, 3.8) is 0 Å². The molecule has 0 heterocycles. The van der Waals surface area contributed by atoms with Crippen LogP contribution in [-0.2, 0) is 9.59 Å². The second-order valence-corrected chi connectivity index (χ2v) is 9.18. The minimum Gasteiger partial charge on any atom is -0.494 e. The number of nitrogens with one attached hydrogen (secondary N) is 2. The van der Waals surface area contributed by atoms with Crippen LogP contribution in [0.4, 0.5) is 11.4 Å². The Hall–Kier alpha value is -4.00. The number of anilines is 2. The van der Waals surface area contributed by atoms with Gasteiger partial charge in [-0.3, -0.25) is 9.59 Å². The van der Waals surface area contributed by atoms with Crippen molar-refractivity contribution in [2.45, 2.75) is 13.8 Å². The molecule has 0 bridgehead atoms. The number of carbonyl (C=O) groups is 2. The summed E-state index contributed by atoms with van der Waals surface area (Å²) in [5.74, 6) is 0.318. The van der Waals surface area contributed by atoms with Gasteiger partial charge in [0.1, 0.15) is 17.4 Å². The summed E-state index contributed by atoms with van der Waals surface area (Å²) in [6.45, 7) is 3.99. The first-order valence-corrected chi connectivity index (χ1v) is 12.6. The fraction of sp³-hybridized carbons (Fsp3) is 0.179. The largest absolute Gasteiger partial charge is 0.494 e. The van der Waals surface area contributed by atoms with E-state index in [1.165, 1.54) is 13.2 Å². The molecule has 3 rings (SSSR count). The van der Waals surface area contributed by atoms with Crippen LogP contribution in [0.15, 0.2) is 64.6 Å². The van der Waals surface area contributed by atoms with Crippen LogP contribution >= 0.6 is 27.5 Å². The Morgan fingerprint density at radius 2 is 1.76 bits per heavy atom. The van der Waals surface area contributed by atoms with Crippen LogP contribution in [0.2, 0.25) is 5.02 Å². The van der Waals surface area contributed by atoms with Gasteiger partial charge in [-0.1, -0.05) is 17.7 Å². The maximum atomic E-state index is 12.7. The van der Waals surface area contributed by atoms with Gasteiger partial charge in [0.05, 0.1) is 18.2 Å². The molecule has 0 unspecified atom stereocenters. The van der Waals surface area contributed by atoms with E-state index in [1.807, 2.05) is 19.9 Å². The molecule has 2 amide bonds. The molecule has 0 fully saturated rings. The van der Waals surface area contributed by atoms with E-state index in [4.69, 9.17) is 25.8 Å². The number of hydrogen-bond donors (Lipinski definition) is 2. The molecule has 0 saturated heterocycles. The third kappa shape index (κ3) is 7.75. The summed E-state index contributed by atoms with van der Waals surface area (Å²) in [4.78, 5) is 25.1. The smallest absolute Gasteiger partial charge is 0.266 e. The van der Waals surface area contributed by atoms with Gasteiger partial charge >= 0.3 is 0 Å². The van der Waals surface area contributed by atoms with Crippen molar-refractivity contribution in [3.05, 3.63) is 80.8 Å². The van der Waals surface area contributed by atoms with Crippen molar-refractivity contribution in [1.82, 2.24) is 0 Å². The molecular formula is C28H25BrClN3O5. The molecule has 0 aliphatic carbocycles. The van der Waals surface area contributed by atoms with E-state index in [0.717, 1.165) is 5.56 Å². The maximum Gasteiger partial charge on any atom is 0.266 e. The topological polar surface area (TPSA) is 110 Å². The van der Waals surface area contributed by atoms with Gasteiger partial charge in [-0.05, 0) is 95.5 Å². The molecule has 8 nitrogen and oxygen atoms in total. The fourth-order valence-electron chi connectivity index (χ4n) is 3.28. The molecule has 3 aromatic rings. The summed E-state index contributed by atoms with van der Waals surface area (Å²) in [6, 6.07) is 17.2. The third-order valence-corrected chi connectivity index (χ3v) is 6.15. The summed E-state index contributed by atoms with van der Waals surface area (Å²) >= 11 is 9.52. The predicted octanol–water partition coefficient (Wildman–Crippen LogP) is 6.38. The molecule has 0 aliphatic heterocycles. The van der Waals surface area contributed by atoms with Gasteiger partial charge in [0, 0.05) is 16.4 Å². The van der Waals surface area contributed by atoms with Crippen molar-refractivity contribution >= 4 is 56.8 Å². The van der Waals surface area contributed by atoms with Crippen molar-refractivity contribution < 1.29 is 23.8 Å². The normalized spacial score (nSPS) is 10.8. The lowest BCUT2D eigenvalue weighted by atomic mass is 10.1. The van der Waals surface area contributed by atoms with Crippen molar-refractivity contribution in [2.75, 3.05) is 31.0 Å². The van der Waals surface area contributed by atoms with Crippen molar-refractivity contribution in [2.24, 2.45) is 0 Å². The molecule has 0 aliphatic rings. The Morgan fingerprint density at radius 1 is 1.05 bits per heavy atom. The number of amides is 2. The average Bonchev–Trinajstić information content (AvgIpc) is 2.89. The summed E-state index contributed by atoms with van der Waals surface area (Å²) in [6.07, 6.45) is 1.43. The monoisotopic (exact) mass is 597 g/mol. The van der Waals surface area contributed by atoms with Crippen LogP contribution in [0.5, 0.6) is 17.2 Å². The minimum absolute atomic E-state index is 0.113. The molecule has 3 aromatic carbocycles.